The van der Waals surface area contributed by atoms with Crippen molar-refractivity contribution in [1.82, 2.24) is 9.80 Å². The summed E-state index contributed by atoms with van der Waals surface area (Å²) in [5, 5.41) is 0. The van der Waals surface area contributed by atoms with Crippen LogP contribution in [0.15, 0.2) is 48.5 Å². The van der Waals surface area contributed by atoms with Gasteiger partial charge in [-0.3, -0.25) is 9.69 Å². The number of hydrogen-bond acceptors (Lipinski definition) is 3. The molecule has 4 rings (SSSR count). The first-order chi connectivity index (χ1) is 14.6. The predicted molar refractivity (Wildman–Crippen MR) is 116 cm³/mol. The summed E-state index contributed by atoms with van der Waals surface area (Å²) >= 11 is 0. The van der Waals surface area contributed by atoms with E-state index >= 15 is 0 Å². The summed E-state index contributed by atoms with van der Waals surface area (Å²) in [6.07, 6.45) is 4.46. The first-order valence-electron chi connectivity index (χ1n) is 11.1. The zero-order valence-electron chi connectivity index (χ0n) is 17.7. The van der Waals surface area contributed by atoms with E-state index in [1.165, 1.54) is 11.6 Å². The maximum atomic E-state index is 13.8. The molecule has 0 saturated carbocycles. The number of amides is 1. The molecule has 2 heterocycles. The van der Waals surface area contributed by atoms with Gasteiger partial charge < -0.3 is 9.64 Å². The Morgan fingerprint density at radius 2 is 1.73 bits per heavy atom. The van der Waals surface area contributed by atoms with Crippen molar-refractivity contribution in [3.8, 4) is 5.75 Å². The molecule has 2 aliphatic heterocycles. The second-order valence-electron chi connectivity index (χ2n) is 8.56. The third kappa shape index (κ3) is 5.20. The normalized spacial score (nSPS) is 19.1. The molecule has 0 atom stereocenters. The molecule has 2 aliphatic rings. The second-order valence-corrected chi connectivity index (χ2v) is 8.56. The van der Waals surface area contributed by atoms with E-state index in [1.54, 1.807) is 12.1 Å². The zero-order chi connectivity index (χ0) is 20.9. The van der Waals surface area contributed by atoms with Crippen molar-refractivity contribution in [1.29, 1.82) is 0 Å². The van der Waals surface area contributed by atoms with Gasteiger partial charge in [-0.1, -0.05) is 42.0 Å². The topological polar surface area (TPSA) is 32.8 Å². The first-order valence-corrected chi connectivity index (χ1v) is 11.1. The fourth-order valence-corrected chi connectivity index (χ4v) is 4.67. The number of carbonyl (C=O) groups excluding carboxylic acids is 1. The van der Waals surface area contributed by atoms with Crippen molar-refractivity contribution in [3.63, 3.8) is 0 Å². The molecule has 5 heteroatoms. The summed E-state index contributed by atoms with van der Waals surface area (Å²) in [4.78, 5) is 17.2. The Morgan fingerprint density at radius 1 is 1.00 bits per heavy atom. The summed E-state index contributed by atoms with van der Waals surface area (Å²) in [5.41, 5.74) is 2.29. The molecule has 0 N–H and O–H groups in total. The van der Waals surface area contributed by atoms with Crippen molar-refractivity contribution in [2.75, 3.05) is 26.2 Å². The maximum absolute atomic E-state index is 13.8. The highest BCUT2D eigenvalue weighted by Crippen LogP contribution is 2.25. The predicted octanol–water partition coefficient (Wildman–Crippen LogP) is 4.21. The van der Waals surface area contributed by atoms with Gasteiger partial charge in [0.05, 0.1) is 6.42 Å². The molecular formula is C25H31FN2O2. The summed E-state index contributed by atoms with van der Waals surface area (Å²) < 4.78 is 19.7. The molecule has 0 aromatic heterocycles. The van der Waals surface area contributed by atoms with Crippen LogP contribution in [-0.2, 0) is 11.2 Å². The molecule has 30 heavy (non-hydrogen) atoms. The van der Waals surface area contributed by atoms with E-state index in [4.69, 9.17) is 4.74 Å². The summed E-state index contributed by atoms with van der Waals surface area (Å²) in [5.74, 6) is 0.301. The Balaban J connectivity index is 1.21. The highest BCUT2D eigenvalue weighted by molar-refractivity contribution is 5.78. The van der Waals surface area contributed by atoms with Crippen LogP contribution < -0.4 is 4.74 Å². The quantitative estimate of drug-likeness (QED) is 0.740. The molecule has 0 radical (unpaired) electrons. The highest BCUT2D eigenvalue weighted by Gasteiger charge is 2.30. The lowest BCUT2D eigenvalue weighted by atomic mass is 9.98. The largest absolute Gasteiger partial charge is 0.487 e. The van der Waals surface area contributed by atoms with E-state index < -0.39 is 0 Å². The number of rotatable bonds is 5. The first kappa shape index (κ1) is 20.9. The molecule has 160 valence electrons. The van der Waals surface area contributed by atoms with Crippen LogP contribution >= 0.6 is 0 Å². The number of para-hydroxylation sites is 1. The molecule has 0 spiro atoms. The van der Waals surface area contributed by atoms with Gasteiger partial charge >= 0.3 is 0 Å². The molecule has 0 aliphatic carbocycles. The molecule has 0 unspecified atom stereocenters. The van der Waals surface area contributed by atoms with E-state index in [1.807, 2.05) is 23.1 Å². The lowest BCUT2D eigenvalue weighted by Crippen LogP contribution is -2.50. The number of benzene rings is 2. The van der Waals surface area contributed by atoms with Gasteiger partial charge in [0.2, 0.25) is 5.91 Å². The molecule has 4 nitrogen and oxygen atoms in total. The van der Waals surface area contributed by atoms with E-state index in [9.17, 15) is 9.18 Å². The summed E-state index contributed by atoms with van der Waals surface area (Å²) in [6, 6.07) is 15.4. The second kappa shape index (κ2) is 9.61. The Bertz CT molecular complexity index is 856. The highest BCUT2D eigenvalue weighted by atomic mass is 19.1. The number of aryl methyl sites for hydroxylation is 1. The van der Waals surface area contributed by atoms with E-state index in [0.29, 0.717) is 18.2 Å². The number of hydrogen-bond donors (Lipinski definition) is 0. The van der Waals surface area contributed by atoms with Crippen molar-refractivity contribution in [3.05, 3.63) is 65.5 Å². The van der Waals surface area contributed by atoms with Gasteiger partial charge in [-0.15, -0.1) is 0 Å². The molecule has 2 saturated heterocycles. The number of nitrogens with zero attached hydrogens (tertiary/aromatic N) is 2. The van der Waals surface area contributed by atoms with Crippen LogP contribution in [0.4, 0.5) is 4.39 Å². The van der Waals surface area contributed by atoms with Gasteiger partial charge in [-0.05, 0) is 50.3 Å². The standard InChI is InChI=1S/C25H31FN2O2/c1-19-5-4-6-20(17-19)18-25(29)28-13-9-21(10-14-28)27-15-11-22(12-16-27)30-24-8-3-2-7-23(24)26/h2-8,17,21-22H,9-16,18H2,1H3. The van der Waals surface area contributed by atoms with Crippen molar-refractivity contribution in [2.24, 2.45) is 0 Å². The zero-order valence-corrected chi connectivity index (χ0v) is 17.7. The Hall–Kier alpha value is -2.40. The van der Waals surface area contributed by atoms with Crippen LogP contribution in [0.5, 0.6) is 5.75 Å². The Labute approximate surface area is 178 Å². The minimum Gasteiger partial charge on any atom is -0.487 e. The van der Waals surface area contributed by atoms with Crippen LogP contribution in [0.2, 0.25) is 0 Å². The van der Waals surface area contributed by atoms with Crippen molar-refractivity contribution >= 4 is 5.91 Å². The van der Waals surface area contributed by atoms with Gasteiger partial charge in [-0.25, -0.2) is 4.39 Å². The number of likely N-dealkylation sites (tertiary alicyclic amines) is 2. The lowest BCUT2D eigenvalue weighted by Gasteiger charge is -2.41. The Kier molecular flexibility index (Phi) is 6.68. The lowest BCUT2D eigenvalue weighted by molar-refractivity contribution is -0.132. The summed E-state index contributed by atoms with van der Waals surface area (Å²) in [6.45, 7) is 5.67. The third-order valence-electron chi connectivity index (χ3n) is 6.38. The smallest absolute Gasteiger partial charge is 0.226 e. The van der Waals surface area contributed by atoms with Crippen LogP contribution in [0.1, 0.15) is 36.8 Å². The number of carbonyl (C=O) groups is 1. The minimum absolute atomic E-state index is 0.0779. The average Bonchev–Trinajstić information content (AvgIpc) is 2.76. The Morgan fingerprint density at radius 3 is 2.43 bits per heavy atom. The number of halogens is 1. The number of ether oxygens (including phenoxy) is 1. The fraction of sp³-hybridized carbons (Fsp3) is 0.480. The molecule has 2 aromatic carbocycles. The fourth-order valence-electron chi connectivity index (χ4n) is 4.67. The van der Waals surface area contributed by atoms with Crippen LogP contribution in [0, 0.1) is 12.7 Å². The van der Waals surface area contributed by atoms with Crippen molar-refractivity contribution in [2.45, 2.75) is 51.2 Å². The summed E-state index contributed by atoms with van der Waals surface area (Å²) in [7, 11) is 0. The van der Waals surface area contributed by atoms with Crippen LogP contribution in [0.25, 0.3) is 0 Å². The average molecular weight is 411 g/mol. The molecular weight excluding hydrogens is 379 g/mol. The van der Waals surface area contributed by atoms with Gasteiger partial charge in [0.1, 0.15) is 6.10 Å². The number of piperidine rings is 2. The third-order valence-corrected chi connectivity index (χ3v) is 6.38. The van der Waals surface area contributed by atoms with Gasteiger partial charge in [0, 0.05) is 32.2 Å². The van der Waals surface area contributed by atoms with Gasteiger partial charge in [0.25, 0.3) is 0 Å². The molecule has 0 bridgehead atoms. The van der Waals surface area contributed by atoms with E-state index in [2.05, 4.69) is 24.0 Å². The van der Waals surface area contributed by atoms with E-state index in [0.717, 1.165) is 57.4 Å². The van der Waals surface area contributed by atoms with Gasteiger partial charge in [0.15, 0.2) is 11.6 Å². The molecule has 1 amide bonds. The van der Waals surface area contributed by atoms with E-state index in [-0.39, 0.29) is 17.8 Å². The molecule has 2 aromatic rings. The van der Waals surface area contributed by atoms with Gasteiger partial charge in [-0.2, -0.15) is 0 Å². The maximum Gasteiger partial charge on any atom is 0.226 e. The monoisotopic (exact) mass is 410 g/mol. The minimum atomic E-state index is -0.289. The van der Waals surface area contributed by atoms with Crippen LogP contribution in [0.3, 0.4) is 0 Å². The van der Waals surface area contributed by atoms with Crippen LogP contribution in [-0.4, -0.2) is 54.0 Å². The van der Waals surface area contributed by atoms with Crippen molar-refractivity contribution < 1.29 is 13.9 Å². The molecule has 2 fully saturated rings. The SMILES string of the molecule is Cc1cccc(CC(=O)N2CCC(N3CCC(Oc4ccccc4F)CC3)CC2)c1.